The SMILES string of the molecule is CC(C)n1cnnc1-c1cccc(N2Cc3ccc(-c4ccccc4F)cc3C2=O)n1. The number of amides is 1. The summed E-state index contributed by atoms with van der Waals surface area (Å²) in [5, 5.41) is 8.20. The van der Waals surface area contributed by atoms with Crippen molar-refractivity contribution in [2.24, 2.45) is 0 Å². The minimum absolute atomic E-state index is 0.150. The van der Waals surface area contributed by atoms with Gasteiger partial charge in [-0.05, 0) is 49.2 Å². The molecule has 1 aliphatic rings. The molecule has 0 saturated heterocycles. The molecule has 0 saturated carbocycles. The normalized spacial score (nSPS) is 13.2. The predicted octanol–water partition coefficient (Wildman–Crippen LogP) is 4.89. The van der Waals surface area contributed by atoms with Gasteiger partial charge in [0.2, 0.25) is 0 Å². The average Bonchev–Trinajstić information content (AvgIpc) is 3.39. The molecule has 6 nitrogen and oxygen atoms in total. The molecular weight excluding hydrogens is 393 g/mol. The molecule has 1 amide bonds. The second kappa shape index (κ2) is 7.43. The van der Waals surface area contributed by atoms with Crippen molar-refractivity contribution in [3.8, 4) is 22.6 Å². The maximum absolute atomic E-state index is 14.2. The molecule has 0 atom stereocenters. The van der Waals surface area contributed by atoms with Crippen LogP contribution >= 0.6 is 0 Å². The van der Waals surface area contributed by atoms with Crippen LogP contribution in [0.2, 0.25) is 0 Å². The number of halogens is 1. The lowest BCUT2D eigenvalue weighted by Crippen LogP contribution is -2.24. The smallest absolute Gasteiger partial charge is 0.260 e. The Hall–Kier alpha value is -3.87. The van der Waals surface area contributed by atoms with Gasteiger partial charge in [-0.25, -0.2) is 9.37 Å². The quantitative estimate of drug-likeness (QED) is 0.478. The van der Waals surface area contributed by atoms with E-state index in [2.05, 4.69) is 10.2 Å². The highest BCUT2D eigenvalue weighted by atomic mass is 19.1. The van der Waals surface area contributed by atoms with E-state index in [-0.39, 0.29) is 17.8 Å². The first kappa shape index (κ1) is 19.1. The number of aromatic nitrogens is 4. The first-order valence-corrected chi connectivity index (χ1v) is 10.1. The van der Waals surface area contributed by atoms with Crippen LogP contribution in [0.5, 0.6) is 0 Å². The van der Waals surface area contributed by atoms with Crippen LogP contribution in [0.15, 0.2) is 67.0 Å². The van der Waals surface area contributed by atoms with Gasteiger partial charge in [-0.3, -0.25) is 9.69 Å². The molecule has 31 heavy (non-hydrogen) atoms. The van der Waals surface area contributed by atoms with Crippen molar-refractivity contribution in [2.75, 3.05) is 4.90 Å². The van der Waals surface area contributed by atoms with Crippen molar-refractivity contribution in [1.82, 2.24) is 19.7 Å². The number of anilines is 1. The number of carbonyl (C=O) groups is 1. The number of benzene rings is 2. The zero-order valence-electron chi connectivity index (χ0n) is 17.2. The molecule has 0 bridgehead atoms. The van der Waals surface area contributed by atoms with Gasteiger partial charge in [0.15, 0.2) is 5.82 Å². The van der Waals surface area contributed by atoms with Crippen LogP contribution in [0.25, 0.3) is 22.6 Å². The van der Waals surface area contributed by atoms with Gasteiger partial charge in [0.25, 0.3) is 5.91 Å². The third-order valence-corrected chi connectivity index (χ3v) is 5.47. The minimum atomic E-state index is -0.312. The lowest BCUT2D eigenvalue weighted by Gasteiger charge is -2.16. The van der Waals surface area contributed by atoms with Crippen molar-refractivity contribution in [3.05, 3.63) is 83.9 Å². The summed E-state index contributed by atoms with van der Waals surface area (Å²) in [6.45, 7) is 4.51. The van der Waals surface area contributed by atoms with Gasteiger partial charge in [0.1, 0.15) is 23.7 Å². The number of rotatable bonds is 4. The van der Waals surface area contributed by atoms with Crippen LogP contribution in [-0.4, -0.2) is 25.7 Å². The number of hydrogen-bond donors (Lipinski definition) is 0. The molecule has 0 N–H and O–H groups in total. The molecule has 0 radical (unpaired) electrons. The second-order valence-corrected chi connectivity index (χ2v) is 7.78. The lowest BCUT2D eigenvalue weighted by molar-refractivity contribution is 0.0996. The van der Waals surface area contributed by atoms with Gasteiger partial charge in [0.05, 0.1) is 6.54 Å². The fourth-order valence-electron chi connectivity index (χ4n) is 3.85. The molecule has 154 valence electrons. The van der Waals surface area contributed by atoms with E-state index in [4.69, 9.17) is 4.98 Å². The summed E-state index contributed by atoms with van der Waals surface area (Å²) in [4.78, 5) is 19.5. The molecule has 0 unspecified atom stereocenters. The Morgan fingerprint density at radius 1 is 1.00 bits per heavy atom. The van der Waals surface area contributed by atoms with E-state index in [9.17, 15) is 9.18 Å². The molecule has 4 aromatic rings. The van der Waals surface area contributed by atoms with Crippen LogP contribution in [0.3, 0.4) is 0 Å². The first-order chi connectivity index (χ1) is 15.0. The predicted molar refractivity (Wildman–Crippen MR) is 116 cm³/mol. The van der Waals surface area contributed by atoms with Crippen LogP contribution < -0.4 is 4.90 Å². The molecule has 7 heteroatoms. The first-order valence-electron chi connectivity index (χ1n) is 10.1. The van der Waals surface area contributed by atoms with Crippen molar-refractivity contribution in [1.29, 1.82) is 0 Å². The topological polar surface area (TPSA) is 63.9 Å². The van der Waals surface area contributed by atoms with E-state index < -0.39 is 0 Å². The number of nitrogens with zero attached hydrogens (tertiary/aromatic N) is 5. The highest BCUT2D eigenvalue weighted by Crippen LogP contribution is 2.32. The summed E-state index contributed by atoms with van der Waals surface area (Å²) in [7, 11) is 0. The van der Waals surface area contributed by atoms with E-state index >= 15 is 0 Å². The van der Waals surface area contributed by atoms with E-state index in [0.29, 0.717) is 40.6 Å². The highest BCUT2D eigenvalue weighted by Gasteiger charge is 2.30. The summed E-state index contributed by atoms with van der Waals surface area (Å²) < 4.78 is 16.2. The largest absolute Gasteiger partial charge is 0.310 e. The fraction of sp³-hybridized carbons (Fsp3) is 0.167. The maximum Gasteiger partial charge on any atom is 0.260 e. The van der Waals surface area contributed by atoms with Crippen LogP contribution in [0.4, 0.5) is 10.2 Å². The lowest BCUT2D eigenvalue weighted by atomic mass is 10.00. The zero-order chi connectivity index (χ0) is 21.5. The summed E-state index contributed by atoms with van der Waals surface area (Å²) >= 11 is 0. The second-order valence-electron chi connectivity index (χ2n) is 7.78. The molecule has 0 fully saturated rings. The molecule has 3 heterocycles. The van der Waals surface area contributed by atoms with Gasteiger partial charge in [-0.15, -0.1) is 10.2 Å². The average molecular weight is 413 g/mol. The fourth-order valence-corrected chi connectivity index (χ4v) is 3.85. The van der Waals surface area contributed by atoms with Gasteiger partial charge < -0.3 is 4.57 Å². The Morgan fingerprint density at radius 2 is 1.84 bits per heavy atom. The molecule has 0 spiro atoms. The van der Waals surface area contributed by atoms with Crippen molar-refractivity contribution >= 4 is 11.7 Å². The maximum atomic E-state index is 14.2. The molecule has 5 rings (SSSR count). The Kier molecular flexibility index (Phi) is 4.58. The monoisotopic (exact) mass is 413 g/mol. The Balaban J connectivity index is 1.49. The van der Waals surface area contributed by atoms with Gasteiger partial charge in [-0.1, -0.05) is 36.4 Å². The van der Waals surface area contributed by atoms with E-state index in [1.165, 1.54) is 6.07 Å². The third kappa shape index (κ3) is 3.28. The van der Waals surface area contributed by atoms with Crippen LogP contribution in [0, 0.1) is 5.82 Å². The number of pyridine rings is 1. The van der Waals surface area contributed by atoms with E-state index in [1.807, 2.05) is 42.7 Å². The Bertz CT molecular complexity index is 1300. The molecule has 0 aliphatic carbocycles. The van der Waals surface area contributed by atoms with E-state index in [0.717, 1.165) is 5.56 Å². The number of carbonyl (C=O) groups excluding carboxylic acids is 1. The number of fused-ring (bicyclic) bond motifs is 1. The minimum Gasteiger partial charge on any atom is -0.310 e. The Labute approximate surface area is 179 Å². The standard InChI is InChI=1S/C24H20FN5O/c1-15(2)30-14-26-28-23(30)21-8-5-9-22(27-21)29-13-17-11-10-16(12-19(17)24(29)31)18-6-3-4-7-20(18)25/h3-12,14-15H,13H2,1-2H3. The van der Waals surface area contributed by atoms with E-state index in [1.54, 1.807) is 41.6 Å². The van der Waals surface area contributed by atoms with Gasteiger partial charge in [-0.2, -0.15) is 0 Å². The summed E-state index contributed by atoms with van der Waals surface area (Å²) in [6, 6.07) is 17.8. The summed E-state index contributed by atoms with van der Waals surface area (Å²) in [6.07, 6.45) is 1.68. The summed E-state index contributed by atoms with van der Waals surface area (Å²) in [5.41, 5.74) is 3.27. The van der Waals surface area contributed by atoms with Crippen molar-refractivity contribution in [2.45, 2.75) is 26.4 Å². The molecule has 2 aromatic heterocycles. The van der Waals surface area contributed by atoms with Gasteiger partial charge >= 0.3 is 0 Å². The molecule has 1 aliphatic heterocycles. The van der Waals surface area contributed by atoms with Crippen molar-refractivity contribution < 1.29 is 9.18 Å². The van der Waals surface area contributed by atoms with Gasteiger partial charge in [0, 0.05) is 17.2 Å². The molecule has 2 aromatic carbocycles. The van der Waals surface area contributed by atoms with Crippen molar-refractivity contribution in [3.63, 3.8) is 0 Å². The highest BCUT2D eigenvalue weighted by molar-refractivity contribution is 6.10. The number of hydrogen-bond acceptors (Lipinski definition) is 4. The zero-order valence-corrected chi connectivity index (χ0v) is 17.2. The molecular formula is C24H20FN5O. The third-order valence-electron chi connectivity index (χ3n) is 5.47. The Morgan fingerprint density at radius 3 is 2.65 bits per heavy atom. The summed E-state index contributed by atoms with van der Waals surface area (Å²) in [5.74, 6) is 0.740. The van der Waals surface area contributed by atoms with Crippen LogP contribution in [-0.2, 0) is 6.54 Å². The van der Waals surface area contributed by atoms with Crippen LogP contribution in [0.1, 0.15) is 35.8 Å².